The summed E-state index contributed by atoms with van der Waals surface area (Å²) in [5.41, 5.74) is 0.397. The molecule has 1 aromatic heterocycles. The lowest BCUT2D eigenvalue weighted by molar-refractivity contribution is -0.140. The number of rotatable bonds is 3. The minimum absolute atomic E-state index is 0.130. The summed E-state index contributed by atoms with van der Waals surface area (Å²) in [6.07, 6.45) is 6.83. The van der Waals surface area contributed by atoms with Crippen molar-refractivity contribution in [2.75, 3.05) is 13.2 Å². The first kappa shape index (κ1) is 17.8. The molecule has 0 spiro atoms. The van der Waals surface area contributed by atoms with E-state index < -0.39 is 5.97 Å². The van der Waals surface area contributed by atoms with Gasteiger partial charge in [-0.3, -0.25) is 9.59 Å². The predicted octanol–water partition coefficient (Wildman–Crippen LogP) is 2.87. The number of aromatic amines is 1. The number of nitrogens with one attached hydrogen (secondary N) is 1. The van der Waals surface area contributed by atoms with E-state index in [0.717, 1.165) is 25.8 Å². The van der Waals surface area contributed by atoms with E-state index in [9.17, 15) is 14.4 Å². The van der Waals surface area contributed by atoms with Crippen LogP contribution in [0.3, 0.4) is 0 Å². The van der Waals surface area contributed by atoms with Crippen LogP contribution in [0, 0.1) is 5.92 Å². The first-order valence-electron chi connectivity index (χ1n) is 9.72. The van der Waals surface area contributed by atoms with Gasteiger partial charge in [0.2, 0.25) is 5.56 Å². The van der Waals surface area contributed by atoms with Gasteiger partial charge >= 0.3 is 5.97 Å². The van der Waals surface area contributed by atoms with E-state index in [1.807, 2.05) is 4.90 Å². The lowest BCUT2D eigenvalue weighted by Crippen LogP contribution is -2.50. The fraction of sp³-hybridized carbons (Fsp3) is 0.476. The number of carbonyl (C=O) groups is 2. The van der Waals surface area contributed by atoms with E-state index >= 15 is 0 Å². The van der Waals surface area contributed by atoms with E-state index in [2.05, 4.69) is 4.98 Å². The SMILES string of the molecule is O=C(OCC(=O)N1CCC[C@@H]2CCCC[C@@H]21)c1cc(=O)[nH]c2ccccc12. The Balaban J connectivity index is 1.46. The number of piperidine rings is 1. The standard InChI is InChI=1S/C21H24N2O4/c24-19-12-16(15-8-2-3-9-17(15)22-19)21(26)27-13-20(25)23-11-5-7-14-6-1-4-10-18(14)23/h2-3,8-9,12,14,18H,1,4-7,10-11,13H2,(H,22,24)/t14-,18-/m0/s1. The van der Waals surface area contributed by atoms with Crippen molar-refractivity contribution >= 4 is 22.8 Å². The van der Waals surface area contributed by atoms with Crippen LogP contribution >= 0.6 is 0 Å². The number of esters is 1. The number of aromatic nitrogens is 1. The Morgan fingerprint density at radius 2 is 1.89 bits per heavy atom. The zero-order valence-corrected chi connectivity index (χ0v) is 15.3. The van der Waals surface area contributed by atoms with Gasteiger partial charge in [0.15, 0.2) is 6.61 Å². The summed E-state index contributed by atoms with van der Waals surface area (Å²) in [5.74, 6) is -0.180. The molecule has 6 nitrogen and oxygen atoms in total. The molecule has 1 saturated heterocycles. The number of carbonyl (C=O) groups excluding carboxylic acids is 2. The third-order valence-corrected chi connectivity index (χ3v) is 5.86. The number of amides is 1. The monoisotopic (exact) mass is 368 g/mol. The molecule has 2 atom stereocenters. The number of H-pyrrole nitrogens is 1. The largest absolute Gasteiger partial charge is 0.452 e. The maximum atomic E-state index is 12.7. The van der Waals surface area contributed by atoms with Gasteiger partial charge in [-0.1, -0.05) is 31.0 Å². The summed E-state index contributed by atoms with van der Waals surface area (Å²) < 4.78 is 5.30. The van der Waals surface area contributed by atoms with Crippen LogP contribution < -0.4 is 5.56 Å². The van der Waals surface area contributed by atoms with Gasteiger partial charge in [-0.25, -0.2) is 4.79 Å². The van der Waals surface area contributed by atoms with Crippen LogP contribution in [-0.2, 0) is 9.53 Å². The fourth-order valence-electron chi connectivity index (χ4n) is 4.60. The molecule has 1 aromatic carbocycles. The molecule has 6 heteroatoms. The van der Waals surface area contributed by atoms with Gasteiger partial charge in [-0.2, -0.15) is 0 Å². The van der Waals surface area contributed by atoms with Crippen molar-refractivity contribution in [3.05, 3.63) is 46.2 Å². The molecule has 142 valence electrons. The number of hydrogen-bond acceptors (Lipinski definition) is 4. The minimum Gasteiger partial charge on any atom is -0.452 e. The molecule has 1 saturated carbocycles. The molecular weight excluding hydrogens is 344 g/mol. The second-order valence-corrected chi connectivity index (χ2v) is 7.51. The molecule has 1 N–H and O–H groups in total. The summed E-state index contributed by atoms with van der Waals surface area (Å²) >= 11 is 0. The summed E-state index contributed by atoms with van der Waals surface area (Å²) in [6.45, 7) is 0.467. The molecular formula is C21H24N2O4. The van der Waals surface area contributed by atoms with Crippen molar-refractivity contribution < 1.29 is 14.3 Å². The summed E-state index contributed by atoms with van der Waals surface area (Å²) in [7, 11) is 0. The van der Waals surface area contributed by atoms with Crippen LogP contribution in [0.25, 0.3) is 10.9 Å². The van der Waals surface area contributed by atoms with E-state index in [-0.39, 0.29) is 23.6 Å². The highest BCUT2D eigenvalue weighted by Gasteiger charge is 2.35. The van der Waals surface area contributed by atoms with Crippen LogP contribution in [0.2, 0.25) is 0 Å². The highest BCUT2D eigenvalue weighted by Crippen LogP contribution is 2.35. The van der Waals surface area contributed by atoms with Crippen molar-refractivity contribution in [3.63, 3.8) is 0 Å². The highest BCUT2D eigenvalue weighted by molar-refractivity contribution is 6.03. The molecule has 1 aliphatic heterocycles. The van der Waals surface area contributed by atoms with Gasteiger partial charge in [0.25, 0.3) is 5.91 Å². The van der Waals surface area contributed by atoms with Gasteiger partial charge in [-0.15, -0.1) is 0 Å². The quantitative estimate of drug-likeness (QED) is 0.845. The Morgan fingerprint density at radius 1 is 1.11 bits per heavy atom. The van der Waals surface area contributed by atoms with Crippen LogP contribution in [0.5, 0.6) is 0 Å². The molecule has 1 amide bonds. The van der Waals surface area contributed by atoms with Crippen molar-refractivity contribution in [2.24, 2.45) is 5.92 Å². The van der Waals surface area contributed by atoms with Crippen molar-refractivity contribution in [2.45, 2.75) is 44.6 Å². The second-order valence-electron chi connectivity index (χ2n) is 7.51. The highest BCUT2D eigenvalue weighted by atomic mass is 16.5. The van der Waals surface area contributed by atoms with Gasteiger partial charge < -0.3 is 14.6 Å². The average molecular weight is 368 g/mol. The zero-order chi connectivity index (χ0) is 18.8. The molecule has 0 bridgehead atoms. The van der Waals surface area contributed by atoms with Crippen LogP contribution in [0.1, 0.15) is 48.9 Å². The maximum Gasteiger partial charge on any atom is 0.339 e. The number of fused-ring (bicyclic) bond motifs is 2. The number of benzene rings is 1. The average Bonchev–Trinajstić information content (AvgIpc) is 2.70. The Labute approximate surface area is 157 Å². The van der Waals surface area contributed by atoms with Gasteiger partial charge in [-0.05, 0) is 37.7 Å². The smallest absolute Gasteiger partial charge is 0.339 e. The Bertz CT molecular complexity index is 918. The van der Waals surface area contributed by atoms with E-state index in [0.29, 0.717) is 22.9 Å². The molecule has 27 heavy (non-hydrogen) atoms. The summed E-state index contributed by atoms with van der Waals surface area (Å²) in [5, 5.41) is 0.611. The summed E-state index contributed by atoms with van der Waals surface area (Å²) in [4.78, 5) is 41.7. The first-order chi connectivity index (χ1) is 13.1. The zero-order valence-electron chi connectivity index (χ0n) is 15.3. The third-order valence-electron chi connectivity index (χ3n) is 5.86. The van der Waals surface area contributed by atoms with Gasteiger partial charge in [0.1, 0.15) is 0 Å². The molecule has 2 aliphatic rings. The topological polar surface area (TPSA) is 79.5 Å². The number of likely N-dealkylation sites (tertiary alicyclic amines) is 1. The number of para-hydroxylation sites is 1. The maximum absolute atomic E-state index is 12.7. The van der Waals surface area contributed by atoms with Crippen molar-refractivity contribution in [1.29, 1.82) is 0 Å². The van der Waals surface area contributed by atoms with Crippen LogP contribution in [0.15, 0.2) is 35.1 Å². The lowest BCUT2D eigenvalue weighted by atomic mass is 9.78. The van der Waals surface area contributed by atoms with Crippen molar-refractivity contribution in [3.8, 4) is 0 Å². The second kappa shape index (κ2) is 7.55. The molecule has 0 radical (unpaired) electrons. The Kier molecular flexibility index (Phi) is 4.97. The number of pyridine rings is 1. The fourth-order valence-corrected chi connectivity index (χ4v) is 4.60. The number of nitrogens with zero attached hydrogens (tertiary/aromatic N) is 1. The third kappa shape index (κ3) is 3.61. The number of hydrogen-bond donors (Lipinski definition) is 1. The predicted molar refractivity (Wildman–Crippen MR) is 102 cm³/mol. The molecule has 2 fully saturated rings. The molecule has 1 aliphatic carbocycles. The van der Waals surface area contributed by atoms with Crippen molar-refractivity contribution in [1.82, 2.24) is 9.88 Å². The van der Waals surface area contributed by atoms with E-state index in [4.69, 9.17) is 4.74 Å². The molecule has 2 aromatic rings. The molecule has 2 heterocycles. The Morgan fingerprint density at radius 3 is 2.78 bits per heavy atom. The normalized spacial score (nSPS) is 22.3. The summed E-state index contributed by atoms with van der Waals surface area (Å²) in [6, 6.07) is 8.58. The number of ether oxygens (including phenoxy) is 1. The van der Waals surface area contributed by atoms with E-state index in [1.54, 1.807) is 24.3 Å². The Hall–Kier alpha value is -2.63. The lowest BCUT2D eigenvalue weighted by Gasteiger charge is -2.44. The van der Waals surface area contributed by atoms with Gasteiger partial charge in [0.05, 0.1) is 5.56 Å². The van der Waals surface area contributed by atoms with Crippen LogP contribution in [0.4, 0.5) is 0 Å². The first-order valence-corrected chi connectivity index (χ1v) is 9.72. The van der Waals surface area contributed by atoms with Crippen LogP contribution in [-0.4, -0.2) is 41.0 Å². The molecule has 0 unspecified atom stereocenters. The minimum atomic E-state index is -0.636. The molecule has 4 rings (SSSR count). The van der Waals surface area contributed by atoms with E-state index in [1.165, 1.54) is 25.3 Å². The van der Waals surface area contributed by atoms with Gasteiger partial charge in [0, 0.05) is 29.6 Å².